The molecule has 2 rings (SSSR count). The maximum Gasteiger partial charge on any atom is 0.142 e. The van der Waals surface area contributed by atoms with E-state index >= 15 is 0 Å². The first-order valence-electron chi connectivity index (χ1n) is 6.86. The number of anilines is 1. The summed E-state index contributed by atoms with van der Waals surface area (Å²) in [5.41, 5.74) is 6.36. The molecule has 0 aliphatic heterocycles. The molecule has 1 aromatic carbocycles. The van der Waals surface area contributed by atoms with Crippen LogP contribution in [-0.4, -0.2) is 27.4 Å². The molecule has 0 saturated carbocycles. The van der Waals surface area contributed by atoms with Crippen LogP contribution < -0.4 is 10.5 Å². The average molecular weight is 275 g/mol. The summed E-state index contributed by atoms with van der Waals surface area (Å²) in [6.07, 6.45) is 4.98. The van der Waals surface area contributed by atoms with Crippen LogP contribution in [-0.2, 0) is 13.0 Å². The lowest BCUT2D eigenvalue weighted by Gasteiger charge is -2.15. The van der Waals surface area contributed by atoms with Gasteiger partial charge in [0.15, 0.2) is 0 Å². The molecular formula is C15H21N3O2. The molecule has 0 aliphatic carbocycles. The van der Waals surface area contributed by atoms with Gasteiger partial charge in [-0.2, -0.15) is 0 Å². The number of nitrogens with zero attached hydrogens (tertiary/aromatic N) is 2. The SMILES string of the molecule is CCCc1nccn1CC(O)COc1ccccc1N. The zero-order chi connectivity index (χ0) is 14.4. The van der Waals surface area contributed by atoms with Crippen LogP contribution in [0, 0.1) is 0 Å². The molecular weight excluding hydrogens is 254 g/mol. The number of benzene rings is 1. The molecule has 108 valence electrons. The summed E-state index contributed by atoms with van der Waals surface area (Å²) in [5.74, 6) is 1.59. The van der Waals surface area contributed by atoms with Crippen LogP contribution in [0.2, 0.25) is 0 Å². The largest absolute Gasteiger partial charge is 0.489 e. The predicted molar refractivity (Wildman–Crippen MR) is 78.6 cm³/mol. The number of aryl methyl sites for hydroxylation is 1. The second kappa shape index (κ2) is 6.96. The van der Waals surface area contributed by atoms with Crippen molar-refractivity contribution in [2.75, 3.05) is 12.3 Å². The topological polar surface area (TPSA) is 73.3 Å². The number of nitrogens with two attached hydrogens (primary N) is 1. The second-order valence-corrected chi connectivity index (χ2v) is 4.75. The fourth-order valence-electron chi connectivity index (χ4n) is 2.04. The number of imidazole rings is 1. The van der Waals surface area contributed by atoms with Crippen LogP contribution in [0.15, 0.2) is 36.7 Å². The van der Waals surface area contributed by atoms with E-state index in [4.69, 9.17) is 10.5 Å². The Kier molecular flexibility index (Phi) is 5.01. The summed E-state index contributed by atoms with van der Waals surface area (Å²) in [6.45, 7) is 2.79. The lowest BCUT2D eigenvalue weighted by molar-refractivity contribution is 0.0921. The lowest BCUT2D eigenvalue weighted by Crippen LogP contribution is -2.24. The summed E-state index contributed by atoms with van der Waals surface area (Å²) in [4.78, 5) is 4.28. The van der Waals surface area contributed by atoms with E-state index in [1.807, 2.05) is 22.9 Å². The van der Waals surface area contributed by atoms with E-state index in [-0.39, 0.29) is 6.61 Å². The van der Waals surface area contributed by atoms with Gasteiger partial charge in [0.1, 0.15) is 24.3 Å². The van der Waals surface area contributed by atoms with Crippen molar-refractivity contribution in [1.82, 2.24) is 9.55 Å². The molecule has 0 fully saturated rings. The van der Waals surface area contributed by atoms with E-state index in [0.29, 0.717) is 18.0 Å². The molecule has 0 spiro atoms. The molecule has 0 amide bonds. The van der Waals surface area contributed by atoms with Gasteiger partial charge in [0.2, 0.25) is 0 Å². The van der Waals surface area contributed by atoms with Crippen LogP contribution in [0.3, 0.4) is 0 Å². The normalized spacial score (nSPS) is 12.3. The van der Waals surface area contributed by atoms with Gasteiger partial charge in [0.05, 0.1) is 12.2 Å². The quantitative estimate of drug-likeness (QED) is 0.756. The number of nitrogen functional groups attached to an aromatic ring is 1. The number of rotatable bonds is 7. The number of aromatic nitrogens is 2. The first-order chi connectivity index (χ1) is 9.70. The molecule has 0 saturated heterocycles. The van der Waals surface area contributed by atoms with E-state index in [0.717, 1.165) is 18.7 Å². The van der Waals surface area contributed by atoms with E-state index in [2.05, 4.69) is 11.9 Å². The number of aliphatic hydroxyl groups is 1. The van der Waals surface area contributed by atoms with Crippen molar-refractivity contribution in [2.24, 2.45) is 0 Å². The van der Waals surface area contributed by atoms with Crippen LogP contribution >= 0.6 is 0 Å². The maximum atomic E-state index is 10.1. The molecule has 1 heterocycles. The highest BCUT2D eigenvalue weighted by molar-refractivity contribution is 5.51. The van der Waals surface area contributed by atoms with Crippen molar-refractivity contribution in [2.45, 2.75) is 32.4 Å². The van der Waals surface area contributed by atoms with Gasteiger partial charge in [-0.1, -0.05) is 19.1 Å². The minimum atomic E-state index is -0.598. The van der Waals surface area contributed by atoms with Gasteiger partial charge >= 0.3 is 0 Å². The van der Waals surface area contributed by atoms with Crippen LogP contribution in [0.4, 0.5) is 5.69 Å². The highest BCUT2D eigenvalue weighted by Gasteiger charge is 2.10. The van der Waals surface area contributed by atoms with Crippen molar-refractivity contribution in [3.8, 4) is 5.75 Å². The zero-order valence-corrected chi connectivity index (χ0v) is 11.7. The Morgan fingerprint density at radius 2 is 2.20 bits per heavy atom. The monoisotopic (exact) mass is 275 g/mol. The molecule has 20 heavy (non-hydrogen) atoms. The molecule has 1 aromatic heterocycles. The van der Waals surface area contributed by atoms with Gasteiger partial charge in [-0.15, -0.1) is 0 Å². The van der Waals surface area contributed by atoms with Crippen LogP contribution in [0.1, 0.15) is 19.2 Å². The Labute approximate surface area is 119 Å². The Morgan fingerprint density at radius 1 is 1.40 bits per heavy atom. The van der Waals surface area contributed by atoms with Crippen molar-refractivity contribution in [3.63, 3.8) is 0 Å². The summed E-state index contributed by atoms with van der Waals surface area (Å²) >= 11 is 0. The third-order valence-electron chi connectivity index (χ3n) is 3.03. The zero-order valence-electron chi connectivity index (χ0n) is 11.7. The Bertz CT molecular complexity index is 539. The number of ether oxygens (including phenoxy) is 1. The number of para-hydroxylation sites is 2. The first-order valence-corrected chi connectivity index (χ1v) is 6.86. The lowest BCUT2D eigenvalue weighted by atomic mass is 10.3. The third kappa shape index (κ3) is 3.74. The van der Waals surface area contributed by atoms with E-state index in [9.17, 15) is 5.11 Å². The molecule has 5 heteroatoms. The molecule has 3 N–H and O–H groups in total. The number of hydrogen-bond acceptors (Lipinski definition) is 4. The van der Waals surface area contributed by atoms with Crippen molar-refractivity contribution in [1.29, 1.82) is 0 Å². The van der Waals surface area contributed by atoms with Gasteiger partial charge in [-0.3, -0.25) is 0 Å². The highest BCUT2D eigenvalue weighted by Crippen LogP contribution is 2.19. The van der Waals surface area contributed by atoms with Gasteiger partial charge in [0.25, 0.3) is 0 Å². The van der Waals surface area contributed by atoms with Gasteiger partial charge < -0.3 is 20.1 Å². The minimum absolute atomic E-state index is 0.206. The summed E-state index contributed by atoms with van der Waals surface area (Å²) < 4.78 is 7.50. The summed E-state index contributed by atoms with van der Waals surface area (Å²) in [5, 5.41) is 10.1. The van der Waals surface area contributed by atoms with Gasteiger partial charge in [-0.05, 0) is 18.6 Å². The minimum Gasteiger partial charge on any atom is -0.489 e. The number of hydrogen-bond donors (Lipinski definition) is 2. The fraction of sp³-hybridized carbons (Fsp3) is 0.400. The first kappa shape index (κ1) is 14.4. The molecule has 1 atom stereocenters. The Balaban J connectivity index is 1.88. The fourth-order valence-corrected chi connectivity index (χ4v) is 2.04. The average Bonchev–Trinajstić information content (AvgIpc) is 2.86. The third-order valence-corrected chi connectivity index (χ3v) is 3.03. The number of aliphatic hydroxyl groups excluding tert-OH is 1. The maximum absolute atomic E-state index is 10.1. The smallest absolute Gasteiger partial charge is 0.142 e. The summed E-state index contributed by atoms with van der Waals surface area (Å²) in [6, 6.07) is 7.27. The predicted octanol–water partition coefficient (Wildman–Crippen LogP) is 1.86. The molecule has 0 aliphatic rings. The Morgan fingerprint density at radius 3 is 2.95 bits per heavy atom. The second-order valence-electron chi connectivity index (χ2n) is 4.75. The van der Waals surface area contributed by atoms with E-state index in [1.54, 1.807) is 18.3 Å². The standard InChI is InChI=1S/C15H21N3O2/c1-2-5-15-17-8-9-18(15)10-12(19)11-20-14-7-4-3-6-13(14)16/h3-4,6-9,12,19H,2,5,10-11,16H2,1H3. The highest BCUT2D eigenvalue weighted by atomic mass is 16.5. The van der Waals surface area contributed by atoms with Gasteiger partial charge in [0, 0.05) is 18.8 Å². The molecule has 1 unspecified atom stereocenters. The van der Waals surface area contributed by atoms with Crippen LogP contribution in [0.5, 0.6) is 5.75 Å². The molecule has 5 nitrogen and oxygen atoms in total. The Hall–Kier alpha value is -2.01. The molecule has 0 radical (unpaired) electrons. The molecule has 0 bridgehead atoms. The van der Waals surface area contributed by atoms with Gasteiger partial charge in [-0.25, -0.2) is 4.98 Å². The van der Waals surface area contributed by atoms with Crippen molar-refractivity contribution in [3.05, 3.63) is 42.5 Å². The molecule has 2 aromatic rings. The van der Waals surface area contributed by atoms with E-state index in [1.165, 1.54) is 0 Å². The van der Waals surface area contributed by atoms with Crippen LogP contribution in [0.25, 0.3) is 0 Å². The van der Waals surface area contributed by atoms with Crippen molar-refractivity contribution < 1.29 is 9.84 Å². The van der Waals surface area contributed by atoms with Crippen molar-refractivity contribution >= 4 is 5.69 Å². The van der Waals surface area contributed by atoms with E-state index < -0.39 is 6.10 Å². The summed E-state index contributed by atoms with van der Waals surface area (Å²) in [7, 11) is 0.